The zero-order valence-corrected chi connectivity index (χ0v) is 13.6. The molecular formula is C20H21NO2. The van der Waals surface area contributed by atoms with Crippen molar-refractivity contribution in [3.8, 4) is 0 Å². The summed E-state index contributed by atoms with van der Waals surface area (Å²) in [5.74, 6) is -0.248. The minimum absolute atomic E-state index is 0.248. The molecule has 0 saturated heterocycles. The fourth-order valence-corrected chi connectivity index (χ4v) is 2.73. The Labute approximate surface area is 136 Å². The molecule has 0 atom stereocenters. The smallest absolute Gasteiger partial charge is 0.338 e. The van der Waals surface area contributed by atoms with E-state index >= 15 is 0 Å². The predicted octanol–water partition coefficient (Wildman–Crippen LogP) is 4.56. The zero-order valence-electron chi connectivity index (χ0n) is 13.6. The van der Waals surface area contributed by atoms with Crippen molar-refractivity contribution < 1.29 is 9.53 Å². The lowest BCUT2D eigenvalue weighted by Crippen LogP contribution is -2.07. The Morgan fingerprint density at radius 2 is 2.00 bits per heavy atom. The largest absolute Gasteiger partial charge is 0.462 e. The van der Waals surface area contributed by atoms with E-state index < -0.39 is 0 Å². The van der Waals surface area contributed by atoms with E-state index in [1.807, 2.05) is 25.1 Å². The van der Waals surface area contributed by atoms with Crippen LogP contribution in [0.5, 0.6) is 0 Å². The molecule has 0 N–H and O–H groups in total. The number of nitrogens with zero attached hydrogens (tertiary/aromatic N) is 1. The highest BCUT2D eigenvalue weighted by molar-refractivity contribution is 5.89. The molecule has 0 bridgehead atoms. The molecule has 3 rings (SSSR count). The van der Waals surface area contributed by atoms with Gasteiger partial charge in [0.15, 0.2) is 0 Å². The van der Waals surface area contributed by atoms with Crippen LogP contribution in [-0.2, 0) is 11.3 Å². The topological polar surface area (TPSA) is 31.2 Å². The molecule has 1 heterocycles. The molecule has 23 heavy (non-hydrogen) atoms. The maximum atomic E-state index is 12.0. The van der Waals surface area contributed by atoms with Crippen molar-refractivity contribution >= 4 is 16.9 Å². The van der Waals surface area contributed by atoms with Crippen molar-refractivity contribution in [3.05, 3.63) is 71.4 Å². The van der Waals surface area contributed by atoms with Crippen molar-refractivity contribution in [3.63, 3.8) is 0 Å². The van der Waals surface area contributed by atoms with Crippen LogP contribution >= 0.6 is 0 Å². The first kappa shape index (κ1) is 15.3. The van der Waals surface area contributed by atoms with Crippen LogP contribution in [0.4, 0.5) is 0 Å². The summed E-state index contributed by atoms with van der Waals surface area (Å²) in [5.41, 5.74) is 4.17. The fraction of sp³-hybridized carbons (Fsp3) is 0.250. The number of benzene rings is 2. The third-order valence-corrected chi connectivity index (χ3v) is 3.88. The second-order valence-corrected chi connectivity index (χ2v) is 5.84. The first-order chi connectivity index (χ1) is 11.2. The average molecular weight is 307 g/mol. The first-order valence-electron chi connectivity index (χ1n) is 7.99. The molecule has 0 radical (unpaired) electrons. The average Bonchev–Trinajstić information content (AvgIpc) is 2.94. The molecule has 0 aliphatic rings. The van der Waals surface area contributed by atoms with E-state index in [4.69, 9.17) is 4.74 Å². The van der Waals surface area contributed by atoms with Gasteiger partial charge in [0.05, 0.1) is 12.2 Å². The van der Waals surface area contributed by atoms with Gasteiger partial charge in [-0.05, 0) is 54.6 Å². The molecule has 3 nitrogen and oxygen atoms in total. The number of ether oxygens (including phenoxy) is 1. The van der Waals surface area contributed by atoms with Gasteiger partial charge in [-0.3, -0.25) is 0 Å². The van der Waals surface area contributed by atoms with E-state index in [2.05, 4.69) is 42.0 Å². The monoisotopic (exact) mass is 307 g/mol. The molecule has 0 saturated carbocycles. The molecule has 0 unspecified atom stereocenters. The maximum Gasteiger partial charge on any atom is 0.338 e. The summed E-state index contributed by atoms with van der Waals surface area (Å²) in [5, 5.41) is 1.24. The molecule has 0 aliphatic carbocycles. The highest BCUT2D eigenvalue weighted by Gasteiger charge is 2.08. The van der Waals surface area contributed by atoms with Gasteiger partial charge < -0.3 is 9.30 Å². The lowest BCUT2D eigenvalue weighted by atomic mass is 10.1. The zero-order chi connectivity index (χ0) is 16.2. The van der Waals surface area contributed by atoms with Crippen LogP contribution in [0.25, 0.3) is 10.9 Å². The number of esters is 1. The van der Waals surface area contributed by atoms with Gasteiger partial charge in [0, 0.05) is 18.3 Å². The lowest BCUT2D eigenvalue weighted by molar-refractivity contribution is 0.0505. The third-order valence-electron chi connectivity index (χ3n) is 3.88. The Balaban J connectivity index is 1.83. The standard InChI is InChI=1S/C20H21NO2/c1-3-11-23-20(22)18-6-4-5-16(13-18)14-21-10-9-17-12-15(2)7-8-19(17)21/h4-10,12-13H,3,11,14H2,1-2H3. The van der Waals surface area contributed by atoms with Gasteiger partial charge in [-0.1, -0.05) is 30.7 Å². The first-order valence-corrected chi connectivity index (χ1v) is 7.99. The number of rotatable bonds is 5. The van der Waals surface area contributed by atoms with Gasteiger partial charge >= 0.3 is 5.97 Å². The van der Waals surface area contributed by atoms with Crippen molar-refractivity contribution in [2.45, 2.75) is 26.8 Å². The van der Waals surface area contributed by atoms with Crippen molar-refractivity contribution in [2.24, 2.45) is 0 Å². The van der Waals surface area contributed by atoms with Crippen LogP contribution in [0.3, 0.4) is 0 Å². The highest BCUT2D eigenvalue weighted by atomic mass is 16.5. The summed E-state index contributed by atoms with van der Waals surface area (Å²) in [6.07, 6.45) is 2.92. The van der Waals surface area contributed by atoms with Crippen LogP contribution < -0.4 is 0 Å². The Morgan fingerprint density at radius 1 is 1.13 bits per heavy atom. The maximum absolute atomic E-state index is 12.0. The van der Waals surface area contributed by atoms with Crippen molar-refractivity contribution in [1.29, 1.82) is 0 Å². The fourth-order valence-electron chi connectivity index (χ4n) is 2.73. The third kappa shape index (κ3) is 3.45. The van der Waals surface area contributed by atoms with E-state index in [9.17, 15) is 4.79 Å². The van der Waals surface area contributed by atoms with Gasteiger partial charge in [0.25, 0.3) is 0 Å². The summed E-state index contributed by atoms with van der Waals surface area (Å²) in [7, 11) is 0. The van der Waals surface area contributed by atoms with Crippen LogP contribution in [0.15, 0.2) is 54.7 Å². The summed E-state index contributed by atoms with van der Waals surface area (Å²) in [6.45, 7) is 5.29. The summed E-state index contributed by atoms with van der Waals surface area (Å²) in [4.78, 5) is 12.0. The molecule has 0 spiro atoms. The summed E-state index contributed by atoms with van der Waals surface area (Å²) >= 11 is 0. The van der Waals surface area contributed by atoms with E-state index in [1.54, 1.807) is 6.07 Å². The van der Waals surface area contributed by atoms with Gasteiger partial charge in [-0.15, -0.1) is 0 Å². The van der Waals surface area contributed by atoms with Crippen LogP contribution in [0.1, 0.15) is 34.8 Å². The number of aromatic nitrogens is 1. The minimum atomic E-state index is -0.248. The molecule has 0 aliphatic heterocycles. The summed E-state index contributed by atoms with van der Waals surface area (Å²) < 4.78 is 7.40. The van der Waals surface area contributed by atoms with Gasteiger partial charge in [0.1, 0.15) is 0 Å². The Hall–Kier alpha value is -2.55. The van der Waals surface area contributed by atoms with Crippen molar-refractivity contribution in [2.75, 3.05) is 6.61 Å². The van der Waals surface area contributed by atoms with E-state index in [0.717, 1.165) is 18.5 Å². The molecule has 3 aromatic rings. The SMILES string of the molecule is CCCOC(=O)c1cccc(Cn2ccc3cc(C)ccc32)c1. The molecule has 0 amide bonds. The van der Waals surface area contributed by atoms with Gasteiger partial charge in [0.2, 0.25) is 0 Å². The van der Waals surface area contributed by atoms with Crippen LogP contribution in [-0.4, -0.2) is 17.1 Å². The molecule has 2 aromatic carbocycles. The molecule has 118 valence electrons. The van der Waals surface area contributed by atoms with E-state index in [0.29, 0.717) is 12.2 Å². The molecular weight excluding hydrogens is 286 g/mol. The predicted molar refractivity (Wildman–Crippen MR) is 92.8 cm³/mol. The highest BCUT2D eigenvalue weighted by Crippen LogP contribution is 2.19. The van der Waals surface area contributed by atoms with Crippen LogP contribution in [0, 0.1) is 6.92 Å². The molecule has 3 heteroatoms. The Bertz CT molecular complexity index is 833. The Kier molecular flexibility index (Phi) is 4.47. The van der Waals surface area contributed by atoms with Gasteiger partial charge in [-0.25, -0.2) is 4.79 Å². The number of carbonyl (C=O) groups excluding carboxylic acids is 1. The van der Waals surface area contributed by atoms with E-state index in [-0.39, 0.29) is 5.97 Å². The Morgan fingerprint density at radius 3 is 2.83 bits per heavy atom. The molecule has 1 aromatic heterocycles. The number of fused-ring (bicyclic) bond motifs is 1. The number of hydrogen-bond acceptors (Lipinski definition) is 2. The second kappa shape index (κ2) is 6.69. The van der Waals surface area contributed by atoms with Crippen molar-refractivity contribution in [1.82, 2.24) is 4.57 Å². The van der Waals surface area contributed by atoms with Gasteiger partial charge in [-0.2, -0.15) is 0 Å². The number of hydrogen-bond donors (Lipinski definition) is 0. The molecule has 0 fully saturated rings. The number of aryl methyl sites for hydroxylation is 1. The van der Waals surface area contributed by atoms with Crippen LogP contribution in [0.2, 0.25) is 0 Å². The quantitative estimate of drug-likeness (QED) is 0.647. The number of carbonyl (C=O) groups is 1. The minimum Gasteiger partial charge on any atom is -0.462 e. The normalized spacial score (nSPS) is 10.9. The lowest BCUT2D eigenvalue weighted by Gasteiger charge is -2.08. The van der Waals surface area contributed by atoms with E-state index in [1.165, 1.54) is 16.5 Å². The summed E-state index contributed by atoms with van der Waals surface area (Å²) in [6, 6.07) is 16.2. The second-order valence-electron chi connectivity index (χ2n) is 5.84.